The number of carbonyl (C=O) groups excluding carboxylic acids is 1. The van der Waals surface area contributed by atoms with Crippen molar-refractivity contribution in [3.8, 4) is 11.4 Å². The van der Waals surface area contributed by atoms with Crippen molar-refractivity contribution in [1.82, 2.24) is 14.0 Å². The first-order chi connectivity index (χ1) is 16.5. The molecule has 0 saturated carbocycles. The minimum Gasteiger partial charge on any atom is -0.494 e. The second-order valence-corrected chi connectivity index (χ2v) is 10.2. The Bertz CT molecular complexity index is 1340. The van der Waals surface area contributed by atoms with Crippen molar-refractivity contribution in [2.45, 2.75) is 71.4 Å². The summed E-state index contributed by atoms with van der Waals surface area (Å²) in [6.07, 6.45) is 6.82. The second-order valence-electron chi connectivity index (χ2n) is 9.12. The number of ether oxygens (including phenoxy) is 1. The summed E-state index contributed by atoms with van der Waals surface area (Å²) in [5.74, 6) is 0.642. The molecule has 1 unspecified atom stereocenters. The lowest BCUT2D eigenvalue weighted by Crippen LogP contribution is -2.47. The number of nitrogens with zero attached hydrogens (tertiary/aromatic N) is 3. The Hall–Kier alpha value is -2.87. The molecule has 8 heteroatoms. The van der Waals surface area contributed by atoms with Crippen LogP contribution in [0.1, 0.15) is 56.4 Å². The number of likely N-dealkylation sites (tertiary alicyclic amines) is 1. The van der Waals surface area contributed by atoms with Crippen LogP contribution in [0.2, 0.25) is 0 Å². The summed E-state index contributed by atoms with van der Waals surface area (Å²) >= 11 is 1.51. The lowest BCUT2D eigenvalue weighted by atomic mass is 10.00. The van der Waals surface area contributed by atoms with E-state index in [4.69, 9.17) is 4.74 Å². The van der Waals surface area contributed by atoms with E-state index in [1.807, 2.05) is 11.8 Å². The molecule has 0 spiro atoms. The first-order valence-corrected chi connectivity index (χ1v) is 13.2. The van der Waals surface area contributed by atoms with Crippen LogP contribution in [0.3, 0.4) is 0 Å². The van der Waals surface area contributed by atoms with E-state index in [0.29, 0.717) is 28.3 Å². The summed E-state index contributed by atoms with van der Waals surface area (Å²) in [6, 6.07) is 7.22. The maximum atomic E-state index is 13.7. The predicted octanol–water partition coefficient (Wildman–Crippen LogP) is 3.89. The normalized spacial score (nSPS) is 17.8. The first-order valence-electron chi connectivity index (χ1n) is 12.4. The third kappa shape index (κ3) is 3.87. The van der Waals surface area contributed by atoms with Crippen molar-refractivity contribution in [2.24, 2.45) is 0 Å². The smallest absolute Gasteiger partial charge is 0.337 e. The number of piperidine rings is 1. The van der Waals surface area contributed by atoms with Gasteiger partial charge in [0, 0.05) is 17.5 Å². The lowest BCUT2D eigenvalue weighted by molar-refractivity contribution is -0.135. The number of hydrogen-bond acceptors (Lipinski definition) is 5. The molecule has 2 aromatic heterocycles. The van der Waals surface area contributed by atoms with Crippen molar-refractivity contribution in [3.05, 3.63) is 55.5 Å². The highest BCUT2D eigenvalue weighted by molar-refractivity contribution is 7.19. The third-order valence-electron chi connectivity index (χ3n) is 7.11. The van der Waals surface area contributed by atoms with Crippen molar-refractivity contribution in [1.29, 1.82) is 0 Å². The molecule has 2 aliphatic rings. The number of hydrogen-bond donors (Lipinski definition) is 0. The Morgan fingerprint density at radius 3 is 2.62 bits per heavy atom. The predicted molar refractivity (Wildman–Crippen MR) is 135 cm³/mol. The molecule has 34 heavy (non-hydrogen) atoms. The molecule has 1 aliphatic carbocycles. The van der Waals surface area contributed by atoms with Gasteiger partial charge >= 0.3 is 5.69 Å². The molecule has 1 amide bonds. The van der Waals surface area contributed by atoms with Crippen LogP contribution in [-0.4, -0.2) is 39.1 Å². The van der Waals surface area contributed by atoms with Gasteiger partial charge in [0.05, 0.1) is 17.7 Å². The number of rotatable bonds is 6. The molecule has 1 aliphatic heterocycles. The highest BCUT2D eigenvalue weighted by Gasteiger charge is 2.29. The number of thiophene rings is 1. The van der Waals surface area contributed by atoms with Gasteiger partial charge in [0.2, 0.25) is 5.91 Å². The number of aryl methyl sites for hydroxylation is 2. The fourth-order valence-corrected chi connectivity index (χ4v) is 6.78. The van der Waals surface area contributed by atoms with Gasteiger partial charge in [-0.3, -0.25) is 14.2 Å². The van der Waals surface area contributed by atoms with E-state index in [9.17, 15) is 14.4 Å². The van der Waals surface area contributed by atoms with E-state index >= 15 is 0 Å². The van der Waals surface area contributed by atoms with Crippen molar-refractivity contribution in [2.75, 3.05) is 13.2 Å². The second kappa shape index (κ2) is 9.41. The van der Waals surface area contributed by atoms with Gasteiger partial charge < -0.3 is 9.64 Å². The monoisotopic (exact) mass is 481 g/mol. The molecular formula is C26H31N3O4S. The largest absolute Gasteiger partial charge is 0.494 e. The molecule has 7 nitrogen and oxygen atoms in total. The van der Waals surface area contributed by atoms with Gasteiger partial charge in [-0.05, 0) is 81.7 Å². The molecular weight excluding hydrogens is 450 g/mol. The molecule has 1 atom stereocenters. The van der Waals surface area contributed by atoms with Gasteiger partial charge in [0.15, 0.2) is 0 Å². The Morgan fingerprint density at radius 1 is 1.09 bits per heavy atom. The van der Waals surface area contributed by atoms with Crippen LogP contribution in [0.25, 0.3) is 15.9 Å². The van der Waals surface area contributed by atoms with E-state index < -0.39 is 5.69 Å². The molecule has 180 valence electrons. The molecule has 1 aromatic carbocycles. The zero-order valence-electron chi connectivity index (χ0n) is 19.8. The van der Waals surface area contributed by atoms with E-state index in [1.54, 1.807) is 28.8 Å². The van der Waals surface area contributed by atoms with Crippen LogP contribution >= 0.6 is 11.3 Å². The topological polar surface area (TPSA) is 73.5 Å². The van der Waals surface area contributed by atoms with Crippen molar-refractivity contribution >= 4 is 27.5 Å². The molecule has 5 rings (SSSR count). The van der Waals surface area contributed by atoms with E-state index in [0.717, 1.165) is 57.1 Å². The third-order valence-corrected chi connectivity index (χ3v) is 8.42. The molecule has 0 N–H and O–H groups in total. The summed E-state index contributed by atoms with van der Waals surface area (Å²) in [5.41, 5.74) is 0.788. The minimum atomic E-state index is -0.458. The van der Waals surface area contributed by atoms with Crippen LogP contribution in [0.15, 0.2) is 33.9 Å². The Morgan fingerprint density at radius 2 is 1.88 bits per heavy atom. The molecule has 3 aromatic rings. The number of benzene rings is 1. The van der Waals surface area contributed by atoms with Crippen LogP contribution in [-0.2, 0) is 24.2 Å². The summed E-state index contributed by atoms with van der Waals surface area (Å²) in [4.78, 5) is 44.6. The highest BCUT2D eigenvalue weighted by Crippen LogP contribution is 2.35. The zero-order chi connectivity index (χ0) is 23.8. The molecule has 3 heterocycles. The number of amides is 1. The molecule has 1 fully saturated rings. The average Bonchev–Trinajstić information content (AvgIpc) is 3.44. The lowest BCUT2D eigenvalue weighted by Gasteiger charge is -2.35. The quantitative estimate of drug-likeness (QED) is 0.535. The average molecular weight is 482 g/mol. The molecule has 1 saturated heterocycles. The standard InChI is InChI=1S/C26H31N3O4S/c1-3-17-8-5-6-15-27(17)22(30)16-28-25-23(20-9-7-10-21(20)34-25)24(31)29(26(28)32)18-11-13-19(14-12-18)33-4-2/h11-14,17H,3-10,15-16H2,1-2H3. The van der Waals surface area contributed by atoms with Crippen molar-refractivity contribution in [3.63, 3.8) is 0 Å². The maximum absolute atomic E-state index is 13.7. The summed E-state index contributed by atoms with van der Waals surface area (Å²) < 4.78 is 8.29. The number of carbonyl (C=O) groups is 1. The molecule has 0 radical (unpaired) electrons. The van der Waals surface area contributed by atoms with E-state index in [1.165, 1.54) is 20.8 Å². The van der Waals surface area contributed by atoms with Gasteiger partial charge in [-0.2, -0.15) is 0 Å². The maximum Gasteiger partial charge on any atom is 0.337 e. The Kier molecular flexibility index (Phi) is 6.34. The van der Waals surface area contributed by atoms with Crippen LogP contribution in [0, 0.1) is 0 Å². The van der Waals surface area contributed by atoms with Gasteiger partial charge in [-0.15, -0.1) is 11.3 Å². The highest BCUT2D eigenvalue weighted by atomic mass is 32.1. The summed E-state index contributed by atoms with van der Waals surface area (Å²) in [6.45, 7) is 5.24. The van der Waals surface area contributed by atoms with Crippen molar-refractivity contribution < 1.29 is 9.53 Å². The number of fused-ring (bicyclic) bond motifs is 3. The Balaban J connectivity index is 1.64. The summed E-state index contributed by atoms with van der Waals surface area (Å²) in [7, 11) is 0. The number of aromatic nitrogens is 2. The Labute approximate surface area is 202 Å². The van der Waals surface area contributed by atoms with Gasteiger partial charge in [0.1, 0.15) is 17.1 Å². The molecule has 0 bridgehead atoms. The fourth-order valence-electron chi connectivity index (χ4n) is 5.41. The summed E-state index contributed by atoms with van der Waals surface area (Å²) in [5, 5.41) is 0.601. The van der Waals surface area contributed by atoms with Gasteiger partial charge in [-0.1, -0.05) is 6.92 Å². The zero-order valence-corrected chi connectivity index (χ0v) is 20.7. The van der Waals surface area contributed by atoms with Gasteiger partial charge in [-0.25, -0.2) is 9.36 Å². The van der Waals surface area contributed by atoms with Gasteiger partial charge in [0.25, 0.3) is 5.56 Å². The van der Waals surface area contributed by atoms with Crippen LogP contribution in [0.5, 0.6) is 5.75 Å². The van der Waals surface area contributed by atoms with Crippen LogP contribution in [0.4, 0.5) is 0 Å². The minimum absolute atomic E-state index is 0.0392. The first kappa shape index (κ1) is 22.9. The van der Waals surface area contributed by atoms with E-state index in [2.05, 4.69) is 6.92 Å². The fraction of sp³-hybridized carbons (Fsp3) is 0.500. The van der Waals surface area contributed by atoms with Crippen LogP contribution < -0.4 is 16.0 Å². The SMILES string of the molecule is CCOc1ccc(-n2c(=O)c3c4c(sc3n(CC(=O)N3CCCCC3CC)c2=O)CCC4)cc1. The van der Waals surface area contributed by atoms with E-state index in [-0.39, 0.29) is 24.1 Å².